The fraction of sp³-hybridized carbons (Fsp3) is 0.286. The van der Waals surface area contributed by atoms with E-state index < -0.39 is 35.6 Å². The van der Waals surface area contributed by atoms with Crippen molar-refractivity contribution < 1.29 is 28.6 Å². The summed E-state index contributed by atoms with van der Waals surface area (Å²) in [5.74, 6) is -2.60. The molecule has 0 aliphatic carbocycles. The van der Waals surface area contributed by atoms with Crippen LogP contribution < -0.4 is 4.90 Å². The normalized spacial score (nSPS) is 24.9. The Balaban J connectivity index is 1.96. The number of hydrogen-bond acceptors (Lipinski definition) is 6. The number of esters is 2. The Bertz CT molecular complexity index is 943. The van der Waals surface area contributed by atoms with Crippen LogP contribution in [0.25, 0.3) is 0 Å². The van der Waals surface area contributed by atoms with Crippen LogP contribution in [0.5, 0.6) is 0 Å². The molecule has 1 amide bonds. The quantitative estimate of drug-likeness (QED) is 0.461. The van der Waals surface area contributed by atoms with Gasteiger partial charge >= 0.3 is 18.0 Å². The molecule has 4 rings (SSSR count). The molecule has 144 valence electrons. The molecule has 0 spiro atoms. The lowest BCUT2D eigenvalue weighted by Gasteiger charge is -2.32. The van der Waals surface area contributed by atoms with Crippen molar-refractivity contribution in [2.75, 3.05) is 19.1 Å². The zero-order valence-electron chi connectivity index (χ0n) is 15.5. The number of fused-ring (bicyclic) bond motifs is 3. The van der Waals surface area contributed by atoms with Crippen LogP contribution in [0.4, 0.5) is 10.5 Å². The van der Waals surface area contributed by atoms with Crippen molar-refractivity contribution in [1.29, 1.82) is 0 Å². The average Bonchev–Trinajstić information content (AvgIpc) is 3.14. The van der Waals surface area contributed by atoms with Gasteiger partial charge in [0, 0.05) is 0 Å². The first kappa shape index (κ1) is 18.0. The van der Waals surface area contributed by atoms with E-state index in [1.54, 1.807) is 18.2 Å². The van der Waals surface area contributed by atoms with E-state index in [0.29, 0.717) is 17.7 Å². The summed E-state index contributed by atoms with van der Waals surface area (Å²) in [5.41, 5.74) is 1.02. The summed E-state index contributed by atoms with van der Waals surface area (Å²) in [5, 5.41) is 0. The summed E-state index contributed by atoms with van der Waals surface area (Å²) in [4.78, 5) is 39.3. The van der Waals surface area contributed by atoms with Crippen molar-refractivity contribution in [3.63, 3.8) is 0 Å². The summed E-state index contributed by atoms with van der Waals surface area (Å²) in [7, 11) is 2.49. The molecular weight excluding hydrogens is 362 g/mol. The second kappa shape index (κ2) is 6.67. The van der Waals surface area contributed by atoms with Gasteiger partial charge in [-0.25, -0.2) is 9.69 Å². The molecule has 7 nitrogen and oxygen atoms in total. The zero-order valence-corrected chi connectivity index (χ0v) is 15.5. The maximum absolute atomic E-state index is 12.7. The first-order valence-corrected chi connectivity index (χ1v) is 8.83. The second-order valence-corrected chi connectivity index (χ2v) is 6.81. The molecule has 0 aromatic heterocycles. The minimum absolute atomic E-state index is 0.314. The van der Waals surface area contributed by atoms with Crippen LogP contribution >= 0.6 is 0 Å². The maximum atomic E-state index is 12.7. The Hall–Kier alpha value is -3.35. The lowest BCUT2D eigenvalue weighted by Crippen LogP contribution is -2.50. The number of para-hydroxylation sites is 1. The molecular formula is C21H19NO6. The van der Waals surface area contributed by atoms with E-state index >= 15 is 0 Å². The van der Waals surface area contributed by atoms with Crippen LogP contribution in [0.15, 0.2) is 54.6 Å². The van der Waals surface area contributed by atoms with Crippen molar-refractivity contribution in [2.24, 2.45) is 5.92 Å². The van der Waals surface area contributed by atoms with Crippen molar-refractivity contribution in [3.8, 4) is 0 Å². The number of carbonyl (C=O) groups excluding carboxylic acids is 3. The minimum Gasteiger partial charge on any atom is -0.468 e. The first-order chi connectivity index (χ1) is 13.5. The highest BCUT2D eigenvalue weighted by atomic mass is 16.6. The van der Waals surface area contributed by atoms with Gasteiger partial charge < -0.3 is 14.2 Å². The minimum atomic E-state index is -1.20. The smallest absolute Gasteiger partial charge is 0.417 e. The molecule has 2 aromatic carbocycles. The van der Waals surface area contributed by atoms with Crippen molar-refractivity contribution in [2.45, 2.75) is 18.1 Å². The molecule has 0 bridgehead atoms. The fourth-order valence-corrected chi connectivity index (χ4v) is 4.35. The Kier molecular flexibility index (Phi) is 4.30. The van der Waals surface area contributed by atoms with E-state index in [0.717, 1.165) is 5.56 Å². The van der Waals surface area contributed by atoms with Crippen LogP contribution in [0, 0.1) is 5.92 Å². The second-order valence-electron chi connectivity index (χ2n) is 6.81. The van der Waals surface area contributed by atoms with E-state index in [4.69, 9.17) is 14.2 Å². The standard InChI is InChI=1S/C21H19NO6/c1-26-17(23)16-18(24)28-19-21(16,12-13-8-4-3-5-9-13)14-10-6-7-11-15(14)22(19)20(25)27-2/h3-11,16,19H,12H2,1-2H3/t16-,19-,21+/m0/s1. The summed E-state index contributed by atoms with van der Waals surface area (Å²) < 4.78 is 15.5. The number of methoxy groups -OCH3 is 2. The molecule has 1 saturated heterocycles. The molecule has 2 heterocycles. The predicted octanol–water partition coefficient (Wildman–Crippen LogP) is 2.43. The molecule has 0 radical (unpaired) electrons. The number of anilines is 1. The summed E-state index contributed by atoms with van der Waals surface area (Å²) in [6.45, 7) is 0. The summed E-state index contributed by atoms with van der Waals surface area (Å²) >= 11 is 0. The van der Waals surface area contributed by atoms with Gasteiger partial charge in [-0.2, -0.15) is 0 Å². The first-order valence-electron chi connectivity index (χ1n) is 8.83. The van der Waals surface area contributed by atoms with Crippen LogP contribution in [-0.2, 0) is 35.6 Å². The van der Waals surface area contributed by atoms with E-state index in [-0.39, 0.29) is 0 Å². The average molecular weight is 381 g/mol. The fourth-order valence-electron chi connectivity index (χ4n) is 4.35. The largest absolute Gasteiger partial charge is 0.468 e. The predicted molar refractivity (Wildman–Crippen MR) is 98.5 cm³/mol. The van der Waals surface area contributed by atoms with E-state index in [2.05, 4.69) is 0 Å². The Labute approximate surface area is 161 Å². The number of hydrogen-bond donors (Lipinski definition) is 0. The van der Waals surface area contributed by atoms with E-state index in [1.165, 1.54) is 19.1 Å². The third-order valence-corrected chi connectivity index (χ3v) is 5.47. The number of nitrogens with zero attached hydrogens (tertiary/aromatic N) is 1. The van der Waals surface area contributed by atoms with Crippen molar-refractivity contribution in [1.82, 2.24) is 0 Å². The Morgan fingerprint density at radius 2 is 1.71 bits per heavy atom. The van der Waals surface area contributed by atoms with Crippen LogP contribution in [0.3, 0.4) is 0 Å². The number of rotatable bonds is 3. The van der Waals surface area contributed by atoms with Gasteiger partial charge in [-0.15, -0.1) is 0 Å². The Morgan fingerprint density at radius 3 is 2.39 bits per heavy atom. The highest BCUT2D eigenvalue weighted by Crippen LogP contribution is 2.56. The maximum Gasteiger partial charge on any atom is 0.417 e. The van der Waals surface area contributed by atoms with Crippen LogP contribution in [0.1, 0.15) is 11.1 Å². The highest BCUT2D eigenvalue weighted by molar-refractivity contribution is 6.03. The van der Waals surface area contributed by atoms with Gasteiger partial charge in [-0.05, 0) is 23.6 Å². The SMILES string of the molecule is COC(=O)[C@H]1C(=O)O[C@@H]2N(C(=O)OC)c3ccccc3[C@]12Cc1ccccc1. The highest BCUT2D eigenvalue weighted by Gasteiger charge is 2.69. The third kappa shape index (κ3) is 2.39. The van der Waals surface area contributed by atoms with Crippen molar-refractivity contribution >= 4 is 23.7 Å². The van der Waals surface area contributed by atoms with Crippen LogP contribution in [-0.4, -0.2) is 38.5 Å². The van der Waals surface area contributed by atoms with Crippen LogP contribution in [0.2, 0.25) is 0 Å². The van der Waals surface area contributed by atoms with Crippen molar-refractivity contribution in [3.05, 3.63) is 65.7 Å². The number of benzene rings is 2. The lowest BCUT2D eigenvalue weighted by molar-refractivity contribution is -0.155. The van der Waals surface area contributed by atoms with Gasteiger partial charge in [0.25, 0.3) is 0 Å². The monoisotopic (exact) mass is 381 g/mol. The molecule has 1 fully saturated rings. The van der Waals surface area contributed by atoms with E-state index in [9.17, 15) is 14.4 Å². The molecule has 2 aliphatic rings. The Morgan fingerprint density at radius 1 is 1.04 bits per heavy atom. The van der Waals surface area contributed by atoms with Gasteiger partial charge in [-0.1, -0.05) is 48.5 Å². The summed E-state index contributed by atoms with van der Waals surface area (Å²) in [6, 6.07) is 16.6. The molecule has 3 atom stereocenters. The topological polar surface area (TPSA) is 82.1 Å². The van der Waals surface area contributed by atoms with Gasteiger partial charge in [0.05, 0.1) is 25.3 Å². The third-order valence-electron chi connectivity index (χ3n) is 5.47. The van der Waals surface area contributed by atoms with E-state index in [1.807, 2.05) is 36.4 Å². The lowest BCUT2D eigenvalue weighted by atomic mass is 9.68. The molecule has 2 aliphatic heterocycles. The molecule has 2 aromatic rings. The molecule has 0 unspecified atom stereocenters. The van der Waals surface area contributed by atoms with Gasteiger partial charge in [0.15, 0.2) is 12.1 Å². The zero-order chi connectivity index (χ0) is 19.9. The summed E-state index contributed by atoms with van der Waals surface area (Å²) in [6.07, 6.45) is -1.35. The molecule has 7 heteroatoms. The number of ether oxygens (including phenoxy) is 3. The van der Waals surface area contributed by atoms with Gasteiger partial charge in [-0.3, -0.25) is 9.59 Å². The number of amides is 1. The van der Waals surface area contributed by atoms with Gasteiger partial charge in [0.2, 0.25) is 0 Å². The molecule has 0 N–H and O–H groups in total. The number of carbonyl (C=O) groups is 3. The molecule has 28 heavy (non-hydrogen) atoms. The molecule has 0 saturated carbocycles. The van der Waals surface area contributed by atoms with Gasteiger partial charge in [0.1, 0.15) is 0 Å².